The van der Waals surface area contributed by atoms with Crippen molar-refractivity contribution in [3.05, 3.63) is 0 Å². The molecule has 0 amide bonds. The maximum atomic E-state index is 8.42. The van der Waals surface area contributed by atoms with E-state index in [0.717, 1.165) is 0 Å². The Kier molecular flexibility index (Phi) is 26.6. The quantitative estimate of drug-likeness (QED) is 0.348. The molecule has 0 aromatic heterocycles. The van der Waals surface area contributed by atoms with Gasteiger partial charge < -0.3 is 30.6 Å². The molecule has 0 bridgehead atoms. The monoisotopic (exact) mass is 242 g/mol. The molecule has 0 rings (SSSR count). The third kappa shape index (κ3) is 37.2. The molecule has 0 aliphatic rings. The summed E-state index contributed by atoms with van der Waals surface area (Å²) in [6.07, 6.45) is 0.0660. The molecule has 0 aliphatic carbocycles. The van der Waals surface area contributed by atoms with Gasteiger partial charge in [-0.25, -0.2) is 0 Å². The number of hydrogen-bond acceptors (Lipinski definition) is 6. The van der Waals surface area contributed by atoms with E-state index in [-0.39, 0.29) is 26.4 Å². The molecule has 0 saturated carbocycles. The van der Waals surface area contributed by atoms with E-state index in [1.807, 2.05) is 6.92 Å². The fourth-order valence-electron chi connectivity index (χ4n) is 0.200. The normalized spacial score (nSPS) is 12.8. The third-order valence-corrected chi connectivity index (χ3v) is 1.26. The molecular weight excluding hydrogens is 216 g/mol. The highest BCUT2D eigenvalue weighted by Gasteiger charge is 1.92. The predicted molar refractivity (Wildman–Crippen MR) is 60.9 cm³/mol. The topological polar surface area (TPSA) is 121 Å². The molecule has 6 N–H and O–H groups in total. The number of rotatable bonds is 5. The Bertz CT molecular complexity index is 93.3. The molecule has 0 spiro atoms. The first kappa shape index (κ1) is 21.1. The zero-order valence-electron chi connectivity index (χ0n) is 10.1. The van der Waals surface area contributed by atoms with Gasteiger partial charge >= 0.3 is 0 Å². The van der Waals surface area contributed by atoms with Gasteiger partial charge in [0.25, 0.3) is 0 Å². The van der Waals surface area contributed by atoms with E-state index in [4.69, 9.17) is 30.6 Å². The summed E-state index contributed by atoms with van der Waals surface area (Å²) in [6, 6.07) is 0. The molecule has 102 valence electrons. The molecule has 0 aromatic rings. The van der Waals surface area contributed by atoms with Crippen molar-refractivity contribution in [1.29, 1.82) is 0 Å². The van der Waals surface area contributed by atoms with Crippen molar-refractivity contribution in [2.75, 3.05) is 26.4 Å². The van der Waals surface area contributed by atoms with Crippen LogP contribution in [0.3, 0.4) is 0 Å². The van der Waals surface area contributed by atoms with Crippen LogP contribution in [0.25, 0.3) is 0 Å². The third-order valence-electron chi connectivity index (χ3n) is 1.26. The van der Waals surface area contributed by atoms with E-state index in [1.54, 1.807) is 0 Å². The second-order valence-corrected chi connectivity index (χ2v) is 3.08. The van der Waals surface area contributed by atoms with Crippen molar-refractivity contribution in [2.45, 2.75) is 38.9 Å². The first-order valence-electron chi connectivity index (χ1n) is 5.29. The fraction of sp³-hybridized carbons (Fsp3) is 1.00. The van der Waals surface area contributed by atoms with E-state index in [9.17, 15) is 0 Å². The van der Waals surface area contributed by atoms with E-state index < -0.39 is 12.2 Å². The first-order chi connectivity index (χ1) is 7.49. The van der Waals surface area contributed by atoms with Crippen molar-refractivity contribution in [2.24, 2.45) is 0 Å². The number of aliphatic hydroxyl groups excluding tert-OH is 6. The molecule has 0 heterocycles. The fourth-order valence-corrected chi connectivity index (χ4v) is 0.200. The van der Waals surface area contributed by atoms with Gasteiger partial charge in [-0.15, -0.1) is 0 Å². The van der Waals surface area contributed by atoms with E-state index in [1.165, 1.54) is 6.92 Å². The largest absolute Gasteiger partial charge is 0.396 e. The van der Waals surface area contributed by atoms with Crippen LogP contribution in [-0.4, -0.2) is 69.3 Å². The Morgan fingerprint density at radius 3 is 1.25 bits per heavy atom. The zero-order chi connectivity index (χ0) is 13.4. The SMILES string of the molecule is CC(O)CO.CCC(O)CO.OCCCO. The van der Waals surface area contributed by atoms with Crippen LogP contribution in [0.2, 0.25) is 0 Å². The van der Waals surface area contributed by atoms with Crippen molar-refractivity contribution >= 4 is 0 Å². The van der Waals surface area contributed by atoms with Crippen LogP contribution in [0.15, 0.2) is 0 Å². The Morgan fingerprint density at radius 2 is 1.25 bits per heavy atom. The van der Waals surface area contributed by atoms with Crippen LogP contribution in [-0.2, 0) is 0 Å². The molecular formula is C10H26O6. The number of aliphatic hydroxyl groups is 6. The molecule has 16 heavy (non-hydrogen) atoms. The Labute approximate surface area is 96.8 Å². The van der Waals surface area contributed by atoms with Gasteiger partial charge in [0.05, 0.1) is 25.4 Å². The lowest BCUT2D eigenvalue weighted by Crippen LogP contribution is -2.08. The molecule has 2 atom stereocenters. The standard InChI is InChI=1S/C4H10O2.2C3H8O2/c1-2-4(6)3-5;1-3(5)2-4;4-2-1-3-5/h4-6H,2-3H2,1H3;3-5H,2H2,1H3;4-5H,1-3H2. The lowest BCUT2D eigenvalue weighted by molar-refractivity contribution is 0.0923. The summed E-state index contributed by atoms with van der Waals surface area (Å²) in [5.74, 6) is 0. The summed E-state index contributed by atoms with van der Waals surface area (Å²) in [7, 11) is 0. The Hall–Kier alpha value is -0.240. The van der Waals surface area contributed by atoms with E-state index >= 15 is 0 Å². The smallest absolute Gasteiger partial charge is 0.0768 e. The van der Waals surface area contributed by atoms with Crippen LogP contribution >= 0.6 is 0 Å². The van der Waals surface area contributed by atoms with Crippen LogP contribution < -0.4 is 0 Å². The predicted octanol–water partition coefficient (Wildman–Crippen LogP) is -1.53. The highest BCUT2D eigenvalue weighted by Crippen LogP contribution is 1.83. The van der Waals surface area contributed by atoms with Crippen LogP contribution in [0, 0.1) is 0 Å². The minimum atomic E-state index is -0.560. The van der Waals surface area contributed by atoms with Crippen molar-refractivity contribution in [3.8, 4) is 0 Å². The maximum absolute atomic E-state index is 8.42. The summed E-state index contributed by atoms with van der Waals surface area (Å²) >= 11 is 0. The molecule has 0 saturated heterocycles. The van der Waals surface area contributed by atoms with Crippen molar-refractivity contribution in [3.63, 3.8) is 0 Å². The molecule has 0 fully saturated rings. The zero-order valence-corrected chi connectivity index (χ0v) is 10.1. The molecule has 6 nitrogen and oxygen atoms in total. The minimum Gasteiger partial charge on any atom is -0.396 e. The molecule has 0 radical (unpaired) electrons. The molecule has 6 heteroatoms. The Balaban J connectivity index is -0.000000160. The number of hydrogen-bond donors (Lipinski definition) is 6. The van der Waals surface area contributed by atoms with Gasteiger partial charge in [-0.1, -0.05) is 6.92 Å². The molecule has 0 aromatic carbocycles. The lowest BCUT2D eigenvalue weighted by Gasteiger charge is -1.97. The second-order valence-electron chi connectivity index (χ2n) is 3.08. The lowest BCUT2D eigenvalue weighted by atomic mass is 10.3. The van der Waals surface area contributed by atoms with Crippen LogP contribution in [0.5, 0.6) is 0 Å². The van der Waals surface area contributed by atoms with Crippen LogP contribution in [0.1, 0.15) is 26.7 Å². The van der Waals surface area contributed by atoms with E-state index in [2.05, 4.69) is 0 Å². The van der Waals surface area contributed by atoms with Gasteiger partial charge in [0, 0.05) is 13.2 Å². The summed E-state index contributed by atoms with van der Waals surface area (Å²) in [5.41, 5.74) is 0. The van der Waals surface area contributed by atoms with Gasteiger partial charge in [-0.3, -0.25) is 0 Å². The van der Waals surface area contributed by atoms with Gasteiger partial charge in [0.1, 0.15) is 0 Å². The second kappa shape index (κ2) is 20.2. The van der Waals surface area contributed by atoms with Crippen molar-refractivity contribution in [1.82, 2.24) is 0 Å². The van der Waals surface area contributed by atoms with Crippen molar-refractivity contribution < 1.29 is 30.6 Å². The molecule has 2 unspecified atom stereocenters. The van der Waals surface area contributed by atoms with Gasteiger partial charge in [-0.05, 0) is 19.8 Å². The summed E-state index contributed by atoms with van der Waals surface area (Å²) < 4.78 is 0. The average molecular weight is 242 g/mol. The highest BCUT2D eigenvalue weighted by atomic mass is 16.3. The minimum absolute atomic E-state index is 0.0938. The average Bonchev–Trinajstić information content (AvgIpc) is 2.30. The summed E-state index contributed by atoms with van der Waals surface area (Å²) in [4.78, 5) is 0. The van der Waals surface area contributed by atoms with E-state index in [0.29, 0.717) is 12.8 Å². The Morgan fingerprint density at radius 1 is 0.875 bits per heavy atom. The first-order valence-corrected chi connectivity index (χ1v) is 5.29. The summed E-state index contributed by atoms with van der Waals surface area (Å²) in [5, 5.41) is 48.3. The highest BCUT2D eigenvalue weighted by molar-refractivity contribution is 4.43. The van der Waals surface area contributed by atoms with Gasteiger partial charge in [0.15, 0.2) is 0 Å². The molecule has 0 aliphatic heterocycles. The van der Waals surface area contributed by atoms with Crippen LogP contribution in [0.4, 0.5) is 0 Å². The maximum Gasteiger partial charge on any atom is 0.0768 e. The van der Waals surface area contributed by atoms with Gasteiger partial charge in [-0.2, -0.15) is 0 Å². The summed E-state index contributed by atoms with van der Waals surface area (Å²) in [6.45, 7) is 3.28. The van der Waals surface area contributed by atoms with Gasteiger partial charge in [0.2, 0.25) is 0 Å².